The number of hydrogen-bond donors (Lipinski definition) is 1. The van der Waals surface area contributed by atoms with Crippen LogP contribution in [0.5, 0.6) is 11.5 Å². The molecule has 4 rings (SSSR count). The molecule has 2 aliphatic heterocycles. The molecule has 1 saturated heterocycles. The zero-order chi connectivity index (χ0) is 20.4. The van der Waals surface area contributed by atoms with Gasteiger partial charge in [-0.05, 0) is 55.7 Å². The van der Waals surface area contributed by atoms with Gasteiger partial charge in [-0.25, -0.2) is 4.98 Å². The zero-order valence-electron chi connectivity index (χ0n) is 16.9. The molecule has 0 atom stereocenters. The molecule has 29 heavy (non-hydrogen) atoms. The number of H-pyrrole nitrogens is 1. The summed E-state index contributed by atoms with van der Waals surface area (Å²) in [6.45, 7) is 8.35. The summed E-state index contributed by atoms with van der Waals surface area (Å²) in [6, 6.07) is 6.09. The molecule has 1 fully saturated rings. The van der Waals surface area contributed by atoms with Gasteiger partial charge in [-0.3, -0.25) is 9.69 Å². The molecule has 1 amide bonds. The molecule has 1 aromatic carbocycles. The van der Waals surface area contributed by atoms with E-state index in [9.17, 15) is 4.79 Å². The summed E-state index contributed by atoms with van der Waals surface area (Å²) < 4.78 is 11.3. The van der Waals surface area contributed by atoms with Gasteiger partial charge in [-0.15, -0.1) is 0 Å². The molecule has 2 aromatic rings. The highest BCUT2D eigenvalue weighted by Crippen LogP contribution is 2.32. The first-order valence-electron chi connectivity index (χ1n) is 9.94. The molecular formula is C21H26N4O3S. The third-order valence-electron chi connectivity index (χ3n) is 5.61. The Bertz CT molecular complexity index is 941. The van der Waals surface area contributed by atoms with E-state index in [1.54, 1.807) is 0 Å². The van der Waals surface area contributed by atoms with Crippen LogP contribution in [0.2, 0.25) is 0 Å². The monoisotopic (exact) mass is 414 g/mol. The second kappa shape index (κ2) is 8.51. The van der Waals surface area contributed by atoms with Crippen LogP contribution >= 0.6 is 12.2 Å². The third kappa shape index (κ3) is 4.59. The van der Waals surface area contributed by atoms with Gasteiger partial charge in [0.2, 0.25) is 12.7 Å². The number of piperazine rings is 1. The standard InChI is InChI=1S/C21H26N4O3S/c1-14-17(15(2)23-21(29)22-14)4-6-20(26)25-9-7-24(8-10-25)12-16-3-5-18-19(11-16)28-13-27-18/h3,5,11H,4,6-10,12-13H2,1-2H3,(H,22,23,29). The van der Waals surface area contributed by atoms with E-state index in [-0.39, 0.29) is 5.91 Å². The molecule has 1 aromatic heterocycles. The predicted octanol–water partition coefficient (Wildman–Crippen LogP) is 2.76. The number of benzene rings is 1. The Morgan fingerprint density at radius 3 is 2.69 bits per heavy atom. The minimum absolute atomic E-state index is 0.203. The van der Waals surface area contributed by atoms with Gasteiger partial charge in [0.15, 0.2) is 16.3 Å². The highest BCUT2D eigenvalue weighted by Gasteiger charge is 2.22. The lowest BCUT2D eigenvalue weighted by Gasteiger charge is -2.35. The number of aryl methyl sites for hydroxylation is 2. The topological polar surface area (TPSA) is 70.7 Å². The molecule has 0 aliphatic carbocycles. The fourth-order valence-corrected chi connectivity index (χ4v) is 4.26. The maximum Gasteiger partial charge on any atom is 0.231 e. The Kier molecular flexibility index (Phi) is 5.82. The van der Waals surface area contributed by atoms with E-state index in [4.69, 9.17) is 21.7 Å². The number of carbonyl (C=O) groups is 1. The molecule has 0 bridgehead atoms. The van der Waals surface area contributed by atoms with E-state index in [1.165, 1.54) is 5.56 Å². The Labute approximate surface area is 175 Å². The van der Waals surface area contributed by atoms with Gasteiger partial charge in [0.05, 0.1) is 0 Å². The van der Waals surface area contributed by atoms with Gasteiger partial charge < -0.3 is 19.4 Å². The van der Waals surface area contributed by atoms with Crippen LogP contribution in [0.25, 0.3) is 0 Å². The predicted molar refractivity (Wildman–Crippen MR) is 112 cm³/mol. The van der Waals surface area contributed by atoms with Crippen LogP contribution in [-0.4, -0.2) is 58.6 Å². The number of hydrogen-bond acceptors (Lipinski definition) is 6. The average molecular weight is 415 g/mol. The van der Waals surface area contributed by atoms with Crippen molar-refractivity contribution in [3.8, 4) is 11.5 Å². The number of rotatable bonds is 5. The summed E-state index contributed by atoms with van der Waals surface area (Å²) >= 11 is 5.11. The van der Waals surface area contributed by atoms with E-state index >= 15 is 0 Å². The summed E-state index contributed by atoms with van der Waals surface area (Å²) in [5, 5.41) is 0. The smallest absolute Gasteiger partial charge is 0.231 e. The molecule has 7 nitrogen and oxygen atoms in total. The van der Waals surface area contributed by atoms with Gasteiger partial charge >= 0.3 is 0 Å². The molecule has 0 radical (unpaired) electrons. The van der Waals surface area contributed by atoms with E-state index in [0.29, 0.717) is 24.4 Å². The Balaban J connectivity index is 1.27. The Morgan fingerprint density at radius 1 is 1.17 bits per heavy atom. The minimum Gasteiger partial charge on any atom is -0.454 e. The number of fused-ring (bicyclic) bond motifs is 1. The molecule has 2 aliphatic rings. The summed E-state index contributed by atoms with van der Waals surface area (Å²) in [6.07, 6.45) is 1.18. The van der Waals surface area contributed by atoms with Crippen LogP contribution in [-0.2, 0) is 17.8 Å². The van der Waals surface area contributed by atoms with E-state index in [2.05, 4.69) is 20.9 Å². The van der Waals surface area contributed by atoms with E-state index in [1.807, 2.05) is 30.9 Å². The van der Waals surface area contributed by atoms with Crippen molar-refractivity contribution in [3.05, 3.63) is 45.5 Å². The number of ether oxygens (including phenoxy) is 2. The van der Waals surface area contributed by atoms with Gasteiger partial charge in [-0.1, -0.05) is 6.07 Å². The molecule has 0 unspecified atom stereocenters. The quantitative estimate of drug-likeness (QED) is 0.759. The van der Waals surface area contributed by atoms with Crippen LogP contribution in [0.1, 0.15) is 28.9 Å². The number of carbonyl (C=O) groups excluding carboxylic acids is 1. The summed E-state index contributed by atoms with van der Waals surface area (Å²) in [5.74, 6) is 1.83. The summed E-state index contributed by atoms with van der Waals surface area (Å²) in [7, 11) is 0. The van der Waals surface area contributed by atoms with Gasteiger partial charge in [0.25, 0.3) is 0 Å². The highest BCUT2D eigenvalue weighted by atomic mass is 32.1. The van der Waals surface area contributed by atoms with Crippen molar-refractivity contribution in [1.82, 2.24) is 19.8 Å². The lowest BCUT2D eigenvalue weighted by Crippen LogP contribution is -2.48. The number of aromatic nitrogens is 2. The maximum atomic E-state index is 12.7. The lowest BCUT2D eigenvalue weighted by atomic mass is 10.1. The SMILES string of the molecule is Cc1nc(=S)[nH]c(C)c1CCC(=O)N1CCN(Cc2ccc3c(c2)OCO3)CC1. The average Bonchev–Trinajstić information content (AvgIpc) is 3.15. The first-order valence-corrected chi connectivity index (χ1v) is 10.4. The van der Waals surface area contributed by atoms with Crippen molar-refractivity contribution in [2.45, 2.75) is 33.2 Å². The van der Waals surface area contributed by atoms with Gasteiger partial charge in [0, 0.05) is 50.5 Å². The second-order valence-electron chi connectivity index (χ2n) is 7.58. The zero-order valence-corrected chi connectivity index (χ0v) is 17.7. The number of nitrogens with one attached hydrogen (secondary N) is 1. The van der Waals surface area contributed by atoms with Crippen LogP contribution < -0.4 is 9.47 Å². The summed E-state index contributed by atoms with van der Waals surface area (Å²) in [5.41, 5.74) is 4.21. The van der Waals surface area contributed by atoms with Crippen molar-refractivity contribution in [3.63, 3.8) is 0 Å². The van der Waals surface area contributed by atoms with Crippen molar-refractivity contribution in [1.29, 1.82) is 0 Å². The molecular weight excluding hydrogens is 388 g/mol. The fraction of sp³-hybridized carbons (Fsp3) is 0.476. The number of nitrogens with zero attached hydrogens (tertiary/aromatic N) is 3. The van der Waals surface area contributed by atoms with Crippen molar-refractivity contribution >= 4 is 18.1 Å². The normalized spacial score (nSPS) is 16.3. The molecule has 8 heteroatoms. The van der Waals surface area contributed by atoms with Crippen LogP contribution in [0.3, 0.4) is 0 Å². The fourth-order valence-electron chi connectivity index (χ4n) is 3.97. The van der Waals surface area contributed by atoms with Gasteiger partial charge in [0.1, 0.15) is 0 Å². The number of amides is 1. The van der Waals surface area contributed by atoms with Gasteiger partial charge in [-0.2, -0.15) is 0 Å². The maximum absolute atomic E-state index is 12.7. The van der Waals surface area contributed by atoms with E-state index < -0.39 is 0 Å². The number of aromatic amines is 1. The van der Waals surface area contributed by atoms with Crippen molar-refractivity contribution in [2.24, 2.45) is 0 Å². The first kappa shape index (κ1) is 19.8. The summed E-state index contributed by atoms with van der Waals surface area (Å²) in [4.78, 5) is 24.4. The van der Waals surface area contributed by atoms with Crippen LogP contribution in [0.15, 0.2) is 18.2 Å². The Morgan fingerprint density at radius 2 is 1.93 bits per heavy atom. The Hall–Kier alpha value is -2.45. The van der Waals surface area contributed by atoms with Crippen LogP contribution in [0, 0.1) is 18.6 Å². The minimum atomic E-state index is 0.203. The second-order valence-corrected chi connectivity index (χ2v) is 7.96. The largest absolute Gasteiger partial charge is 0.454 e. The third-order valence-corrected chi connectivity index (χ3v) is 5.80. The highest BCUT2D eigenvalue weighted by molar-refractivity contribution is 7.71. The first-order chi connectivity index (χ1) is 14.0. The van der Waals surface area contributed by atoms with E-state index in [0.717, 1.165) is 61.2 Å². The molecule has 154 valence electrons. The molecule has 0 saturated carbocycles. The molecule has 1 N–H and O–H groups in total. The van der Waals surface area contributed by atoms with Crippen molar-refractivity contribution < 1.29 is 14.3 Å². The van der Waals surface area contributed by atoms with Crippen molar-refractivity contribution in [2.75, 3.05) is 33.0 Å². The molecule has 3 heterocycles. The lowest BCUT2D eigenvalue weighted by molar-refractivity contribution is -0.133. The van der Waals surface area contributed by atoms with Crippen LogP contribution in [0.4, 0.5) is 0 Å². The molecule has 0 spiro atoms.